The Morgan fingerprint density at radius 2 is 1.75 bits per heavy atom. The minimum absolute atomic E-state index is 0.193. The van der Waals surface area contributed by atoms with Crippen molar-refractivity contribution in [2.45, 2.75) is 50.4 Å². The molecule has 5 aromatic rings. The van der Waals surface area contributed by atoms with E-state index in [-0.39, 0.29) is 24.5 Å². The van der Waals surface area contributed by atoms with Gasteiger partial charge in [0.1, 0.15) is 0 Å². The summed E-state index contributed by atoms with van der Waals surface area (Å²) in [5.41, 5.74) is 4.97. The van der Waals surface area contributed by atoms with Crippen molar-refractivity contribution in [1.29, 1.82) is 0 Å². The van der Waals surface area contributed by atoms with Crippen LogP contribution in [-0.2, 0) is 16.4 Å². The van der Waals surface area contributed by atoms with Gasteiger partial charge in [0.15, 0.2) is 5.82 Å². The summed E-state index contributed by atoms with van der Waals surface area (Å²) in [4.78, 5) is 13.7. The van der Waals surface area contributed by atoms with E-state index in [0.29, 0.717) is 30.7 Å². The van der Waals surface area contributed by atoms with Gasteiger partial charge in [-0.1, -0.05) is 0 Å². The highest BCUT2D eigenvalue weighted by atomic mass is 32.2. The highest BCUT2D eigenvalue weighted by Gasteiger charge is 2.37. The van der Waals surface area contributed by atoms with Crippen LogP contribution in [0.4, 0.5) is 0 Å². The Hall–Kier alpha value is -3.94. The van der Waals surface area contributed by atoms with Crippen LogP contribution in [0.3, 0.4) is 0 Å². The molecule has 0 aliphatic heterocycles. The molecule has 208 valence electrons. The Kier molecular flexibility index (Phi) is 6.72. The van der Waals surface area contributed by atoms with E-state index in [1.54, 1.807) is 17.1 Å². The minimum atomic E-state index is -3.46. The molecule has 0 bridgehead atoms. The fourth-order valence-electron chi connectivity index (χ4n) is 4.74. The first-order valence-corrected chi connectivity index (χ1v) is 14.7. The van der Waals surface area contributed by atoms with E-state index in [0.717, 1.165) is 37.5 Å². The second-order valence-electron chi connectivity index (χ2n) is 10.4. The molecule has 6 rings (SSSR count). The second kappa shape index (κ2) is 10.2. The Balaban J connectivity index is 1.29. The van der Waals surface area contributed by atoms with Gasteiger partial charge in [0.2, 0.25) is 0 Å². The summed E-state index contributed by atoms with van der Waals surface area (Å²) in [5.74, 6) is 0.407. The molecule has 40 heavy (non-hydrogen) atoms. The van der Waals surface area contributed by atoms with Gasteiger partial charge in [-0.05, 0) is 38.8 Å². The number of hydrogen-bond donors (Lipinski definition) is 2. The fraction of sp³-hybridized carbons (Fsp3) is 0.370. The average Bonchev–Trinajstić information content (AvgIpc) is 3.33. The maximum absolute atomic E-state index is 12.5. The van der Waals surface area contributed by atoms with Crippen molar-refractivity contribution in [2.24, 2.45) is 0 Å². The van der Waals surface area contributed by atoms with Crippen molar-refractivity contribution in [3.8, 4) is 22.5 Å². The Bertz CT molecular complexity index is 1780. The molecule has 0 aromatic carbocycles. The molecule has 1 aliphatic rings. The summed E-state index contributed by atoms with van der Waals surface area (Å²) in [5, 5.41) is 28.1. The second-order valence-corrected chi connectivity index (χ2v) is 12.4. The monoisotopic (exact) mass is 562 g/mol. The van der Waals surface area contributed by atoms with E-state index in [9.17, 15) is 18.6 Å². The largest absolute Gasteiger partial charge is 0.394 e. The van der Waals surface area contributed by atoms with Crippen molar-refractivity contribution < 1.29 is 18.6 Å². The van der Waals surface area contributed by atoms with Crippen LogP contribution in [0.5, 0.6) is 0 Å². The van der Waals surface area contributed by atoms with E-state index in [4.69, 9.17) is 4.98 Å². The van der Waals surface area contributed by atoms with Crippen molar-refractivity contribution >= 4 is 20.9 Å². The molecular formula is C27H30N8O4S. The van der Waals surface area contributed by atoms with E-state index in [1.807, 2.05) is 18.5 Å². The van der Waals surface area contributed by atoms with Crippen molar-refractivity contribution in [2.75, 3.05) is 13.2 Å². The zero-order valence-electron chi connectivity index (χ0n) is 22.2. The van der Waals surface area contributed by atoms with Crippen LogP contribution < -0.4 is 0 Å². The van der Waals surface area contributed by atoms with Gasteiger partial charge in [0.05, 0.1) is 59.9 Å². The molecule has 13 heteroatoms. The molecule has 1 fully saturated rings. The van der Waals surface area contributed by atoms with E-state index in [1.165, 1.54) is 12.4 Å². The number of fused-ring (bicyclic) bond motifs is 1. The van der Waals surface area contributed by atoms with Gasteiger partial charge in [-0.25, -0.2) is 18.4 Å². The molecule has 1 aliphatic carbocycles. The lowest BCUT2D eigenvalue weighted by atomic mass is 10.1. The first-order valence-electron chi connectivity index (χ1n) is 13.2. The van der Waals surface area contributed by atoms with Crippen LogP contribution >= 0.6 is 0 Å². The van der Waals surface area contributed by atoms with Crippen molar-refractivity contribution in [1.82, 2.24) is 38.5 Å². The maximum Gasteiger partial charge on any atom is 0.256 e. The summed E-state index contributed by atoms with van der Waals surface area (Å²) < 4.78 is 29.8. The number of aliphatic hydroxyl groups is 2. The highest BCUT2D eigenvalue weighted by Crippen LogP contribution is 2.33. The van der Waals surface area contributed by atoms with Crippen LogP contribution in [0, 0.1) is 0 Å². The molecule has 5 heterocycles. The highest BCUT2D eigenvalue weighted by molar-refractivity contribution is 7.90. The van der Waals surface area contributed by atoms with Crippen LogP contribution in [0.15, 0.2) is 55.5 Å². The minimum Gasteiger partial charge on any atom is -0.394 e. The quantitative estimate of drug-likeness (QED) is 0.261. The van der Waals surface area contributed by atoms with Gasteiger partial charge in [-0.3, -0.25) is 9.67 Å². The van der Waals surface area contributed by atoms with Crippen LogP contribution in [0.1, 0.15) is 50.2 Å². The molecule has 0 atom stereocenters. The zero-order valence-corrected chi connectivity index (χ0v) is 23.0. The zero-order chi connectivity index (χ0) is 28.0. The lowest BCUT2D eigenvalue weighted by Gasteiger charge is -2.10. The summed E-state index contributed by atoms with van der Waals surface area (Å²) in [7, 11) is -3.46. The average molecular weight is 563 g/mol. The Morgan fingerprint density at radius 3 is 2.48 bits per heavy atom. The Labute approximate surface area is 231 Å². The van der Waals surface area contributed by atoms with Crippen molar-refractivity contribution in [3.05, 3.63) is 66.9 Å². The molecule has 0 radical (unpaired) electrons. The normalized spacial score (nSPS) is 14.2. The molecule has 12 nitrogen and oxygen atoms in total. The van der Waals surface area contributed by atoms with Crippen molar-refractivity contribution in [3.63, 3.8) is 0 Å². The van der Waals surface area contributed by atoms with Gasteiger partial charge in [0, 0.05) is 59.5 Å². The number of nitrogens with zero attached hydrogens (tertiary/aromatic N) is 8. The molecule has 0 spiro atoms. The van der Waals surface area contributed by atoms with Crippen LogP contribution in [-0.4, -0.2) is 75.6 Å². The molecule has 1 saturated carbocycles. The third-order valence-corrected chi connectivity index (χ3v) is 9.17. The Morgan fingerprint density at radius 1 is 0.975 bits per heavy atom. The summed E-state index contributed by atoms with van der Waals surface area (Å²) in [6.45, 7) is 3.81. The number of rotatable bonds is 10. The van der Waals surface area contributed by atoms with Gasteiger partial charge < -0.3 is 14.8 Å². The summed E-state index contributed by atoms with van der Waals surface area (Å²) in [6, 6.07) is 3.57. The predicted octanol–water partition coefficient (Wildman–Crippen LogP) is 2.59. The van der Waals surface area contributed by atoms with Crippen LogP contribution in [0.2, 0.25) is 0 Å². The molecule has 5 aromatic heterocycles. The molecular weight excluding hydrogens is 532 g/mol. The lowest BCUT2D eigenvalue weighted by molar-refractivity contribution is 0.146. The first kappa shape index (κ1) is 26.3. The smallest absolute Gasteiger partial charge is 0.256 e. The maximum atomic E-state index is 12.5. The fourth-order valence-corrected chi connectivity index (χ4v) is 6.22. The third kappa shape index (κ3) is 4.80. The first-order chi connectivity index (χ1) is 19.3. The van der Waals surface area contributed by atoms with Crippen LogP contribution in [0.25, 0.3) is 33.4 Å². The van der Waals surface area contributed by atoms with Gasteiger partial charge in [-0.15, -0.1) is 0 Å². The van der Waals surface area contributed by atoms with Gasteiger partial charge in [-0.2, -0.15) is 14.3 Å². The number of pyridine rings is 1. The number of aromatic nitrogens is 8. The molecule has 0 unspecified atom stereocenters. The predicted molar refractivity (Wildman–Crippen MR) is 148 cm³/mol. The molecule has 2 N–H and O–H groups in total. The van der Waals surface area contributed by atoms with E-state index >= 15 is 0 Å². The lowest BCUT2D eigenvalue weighted by Crippen LogP contribution is -2.17. The SMILES string of the molecule is CC(C)n1cc(-c2cnn(C(CO)CO)c2)c2cnc(Cc3ccnc(-c4cnn(S(=O)(=O)C5CC5)c4)n3)cc21. The summed E-state index contributed by atoms with van der Waals surface area (Å²) >= 11 is 0. The van der Waals surface area contributed by atoms with Gasteiger partial charge >= 0.3 is 0 Å². The van der Waals surface area contributed by atoms with E-state index < -0.39 is 16.1 Å². The van der Waals surface area contributed by atoms with E-state index in [2.05, 4.69) is 50.8 Å². The third-order valence-electron chi connectivity index (χ3n) is 7.14. The standard InChI is InChI=1S/C27H30N8O4S/c1-17(2)33-14-25(18-9-30-34(12-18)22(15-36)16-37)24-11-29-21(8-26(24)33)7-20-5-6-28-27(32-20)19-10-31-35(13-19)40(38,39)23-3-4-23/h5-6,8-14,17,22-23,36-37H,3-4,7,15-16H2,1-2H3. The topological polar surface area (TPSA) is 154 Å². The molecule has 0 saturated heterocycles. The molecule has 0 amide bonds. The summed E-state index contributed by atoms with van der Waals surface area (Å²) in [6.07, 6.45) is 13.9. The number of aliphatic hydroxyl groups excluding tert-OH is 2. The van der Waals surface area contributed by atoms with Gasteiger partial charge in [0.25, 0.3) is 10.0 Å². The number of hydrogen-bond acceptors (Lipinski definition) is 9.